The van der Waals surface area contributed by atoms with Gasteiger partial charge >= 0.3 is 0 Å². The molecule has 0 aliphatic heterocycles. The molecule has 0 amide bonds. The third kappa shape index (κ3) is 11.7. The van der Waals surface area contributed by atoms with Crippen LogP contribution in [0.5, 0.6) is 0 Å². The molecule has 62 heavy (non-hydrogen) atoms. The van der Waals surface area contributed by atoms with E-state index in [1.807, 2.05) is 70.2 Å². The molecule has 0 N–H and O–H groups in total. The van der Waals surface area contributed by atoms with Gasteiger partial charge in [-0.3, -0.25) is 0 Å². The van der Waals surface area contributed by atoms with E-state index in [0.29, 0.717) is 0 Å². The summed E-state index contributed by atoms with van der Waals surface area (Å²) < 4.78 is 0. The van der Waals surface area contributed by atoms with Crippen LogP contribution in [0.4, 0.5) is 0 Å². The molecule has 0 nitrogen and oxygen atoms in total. The second-order valence-corrected chi connectivity index (χ2v) is 15.1. The molecule has 0 radical (unpaired) electrons. The quantitative estimate of drug-likeness (QED) is 0.104. The van der Waals surface area contributed by atoms with Gasteiger partial charge in [-0.15, -0.1) is 0 Å². The smallest absolute Gasteiger partial charge is 0.0713 e. The molecule has 0 heteroatoms. The first-order valence-electron chi connectivity index (χ1n) is 22.4. The Morgan fingerprint density at radius 1 is 0.694 bits per heavy atom. The lowest BCUT2D eigenvalue weighted by atomic mass is 9.67. The van der Waals surface area contributed by atoms with E-state index in [-0.39, 0.29) is 5.41 Å². The van der Waals surface area contributed by atoms with Crippen LogP contribution in [0.15, 0.2) is 225 Å². The van der Waals surface area contributed by atoms with Crippen molar-refractivity contribution in [3.05, 3.63) is 270 Å². The molecule has 0 spiro atoms. The van der Waals surface area contributed by atoms with Gasteiger partial charge in [0, 0.05) is 0 Å². The van der Waals surface area contributed by atoms with Gasteiger partial charge in [0.05, 0.1) is 5.41 Å². The van der Waals surface area contributed by atoms with Crippen LogP contribution in [0.25, 0.3) is 28.3 Å². The van der Waals surface area contributed by atoms with E-state index in [9.17, 15) is 0 Å². The summed E-state index contributed by atoms with van der Waals surface area (Å²) in [6.45, 7) is 26.5. The van der Waals surface area contributed by atoms with Gasteiger partial charge in [0.1, 0.15) is 0 Å². The van der Waals surface area contributed by atoms with Gasteiger partial charge in [0.25, 0.3) is 0 Å². The van der Waals surface area contributed by atoms with Gasteiger partial charge in [-0.25, -0.2) is 0 Å². The van der Waals surface area contributed by atoms with Crippen molar-refractivity contribution in [1.82, 2.24) is 0 Å². The van der Waals surface area contributed by atoms with Crippen LogP contribution in [0.1, 0.15) is 106 Å². The largest absolute Gasteiger partial charge is 0.0990 e. The number of aryl methyl sites for hydroxylation is 1. The zero-order valence-corrected chi connectivity index (χ0v) is 38.5. The van der Waals surface area contributed by atoms with Crippen molar-refractivity contribution in [2.75, 3.05) is 0 Å². The van der Waals surface area contributed by atoms with Crippen molar-refractivity contribution in [2.24, 2.45) is 0 Å². The SMILES string of the molecule is C=C(/C=C\C=C(/C)c1cc2c(cc1CCC)C=CC2)CC.C=C/C(=C\C=C/C)C1(c2ccccc2)c2ccccc2-c2ccccc21.C=C/C=C(\C=C/C)c1ccccc1.CC. The first-order chi connectivity index (χ1) is 30.4. The molecule has 2 aliphatic rings. The lowest BCUT2D eigenvalue weighted by Crippen LogP contribution is -2.28. The van der Waals surface area contributed by atoms with Crippen molar-refractivity contribution >= 4 is 17.2 Å². The van der Waals surface area contributed by atoms with Crippen molar-refractivity contribution in [2.45, 2.75) is 79.6 Å². The minimum atomic E-state index is -0.338. The molecule has 0 saturated heterocycles. The molecule has 0 atom stereocenters. The summed E-state index contributed by atoms with van der Waals surface area (Å²) in [4.78, 5) is 0. The van der Waals surface area contributed by atoms with Gasteiger partial charge in [-0.1, -0.05) is 260 Å². The maximum atomic E-state index is 4.17. The summed E-state index contributed by atoms with van der Waals surface area (Å²) in [7, 11) is 0. The summed E-state index contributed by atoms with van der Waals surface area (Å²) in [5, 5.41) is 0. The van der Waals surface area contributed by atoms with E-state index in [2.05, 4.69) is 198 Å². The minimum Gasteiger partial charge on any atom is -0.0990 e. The molecule has 5 aromatic carbocycles. The Kier molecular flexibility index (Phi) is 19.7. The van der Waals surface area contributed by atoms with Crippen LogP contribution in [0.3, 0.4) is 0 Å². The zero-order chi connectivity index (χ0) is 44.7. The summed E-state index contributed by atoms with van der Waals surface area (Å²) in [5.74, 6) is 0. The topological polar surface area (TPSA) is 0 Å². The number of benzene rings is 5. The van der Waals surface area contributed by atoms with Crippen LogP contribution in [0.2, 0.25) is 0 Å². The first kappa shape index (κ1) is 48.2. The summed E-state index contributed by atoms with van der Waals surface area (Å²) >= 11 is 0. The third-order valence-corrected chi connectivity index (χ3v) is 11.1. The highest BCUT2D eigenvalue weighted by Crippen LogP contribution is 2.56. The van der Waals surface area contributed by atoms with Gasteiger partial charge in [0.2, 0.25) is 0 Å². The Balaban J connectivity index is 0.000000211. The number of allylic oxidation sites excluding steroid dienone is 16. The maximum Gasteiger partial charge on any atom is 0.0713 e. The second kappa shape index (κ2) is 25.3. The lowest BCUT2D eigenvalue weighted by Gasteiger charge is -2.34. The highest BCUT2D eigenvalue weighted by Gasteiger charge is 2.46. The zero-order valence-electron chi connectivity index (χ0n) is 38.5. The molecule has 5 aromatic rings. The molecule has 0 aromatic heterocycles. The summed E-state index contributed by atoms with van der Waals surface area (Å²) in [6.07, 6.45) is 31.7. The van der Waals surface area contributed by atoms with Crippen molar-refractivity contribution in [3.8, 4) is 11.1 Å². The highest BCUT2D eigenvalue weighted by molar-refractivity contribution is 5.86. The fourth-order valence-corrected chi connectivity index (χ4v) is 8.18. The monoisotopic (exact) mass is 813 g/mol. The van der Waals surface area contributed by atoms with Crippen LogP contribution >= 0.6 is 0 Å². The Bertz CT molecular complexity index is 2400. The molecule has 0 heterocycles. The second-order valence-electron chi connectivity index (χ2n) is 15.1. The molecular formula is C62H68. The standard InChI is InChI=1S/C26H22.C21H26.C13H14.C2H6/c1-3-5-13-20(4-2)26(21-14-7-6-8-15-21)24-18-11-9-16-22(24)23-17-10-12-19-25(23)26;1-5-9-20-14-18-12-8-13-19(18)15-21(20)17(4)11-7-10-16(3)6-2;1-3-8-12(9-4-2)13-10-6-5-7-11-13;1-2/h3-19H,2H2,1H3;7-8,10-12,14-15H,3,5-6,9,13H2,1-2,4H3;3-11H,1H2,2H3;1-2H3/b5-3-,20-13+;10-7-,17-11+;9-4-,12-8+;. The molecular weight excluding hydrogens is 745 g/mol. The number of rotatable bonds is 13. The van der Waals surface area contributed by atoms with Crippen LogP contribution < -0.4 is 0 Å². The van der Waals surface area contributed by atoms with E-state index >= 15 is 0 Å². The van der Waals surface area contributed by atoms with Crippen molar-refractivity contribution in [1.29, 1.82) is 0 Å². The Labute approximate surface area is 375 Å². The Hall–Kier alpha value is -6.50. The molecule has 0 fully saturated rings. The number of fused-ring (bicyclic) bond motifs is 4. The number of hydrogen-bond donors (Lipinski definition) is 0. The van der Waals surface area contributed by atoms with Crippen LogP contribution in [-0.2, 0) is 18.3 Å². The highest BCUT2D eigenvalue weighted by atomic mass is 14.5. The van der Waals surface area contributed by atoms with Crippen LogP contribution in [0, 0.1) is 0 Å². The van der Waals surface area contributed by atoms with E-state index < -0.39 is 0 Å². The van der Waals surface area contributed by atoms with E-state index in [0.717, 1.165) is 19.3 Å². The number of hydrogen-bond acceptors (Lipinski definition) is 0. The lowest BCUT2D eigenvalue weighted by molar-refractivity contribution is 0.767. The molecule has 0 unspecified atom stereocenters. The first-order valence-corrected chi connectivity index (χ1v) is 22.4. The summed E-state index contributed by atoms with van der Waals surface area (Å²) in [6, 6.07) is 43.3. The molecule has 0 saturated carbocycles. The van der Waals surface area contributed by atoms with Crippen LogP contribution in [-0.4, -0.2) is 0 Å². The Morgan fingerprint density at radius 3 is 1.87 bits per heavy atom. The average Bonchev–Trinajstić information content (AvgIpc) is 3.91. The summed E-state index contributed by atoms with van der Waals surface area (Å²) in [5.41, 5.74) is 18.1. The molecule has 316 valence electrons. The third-order valence-electron chi connectivity index (χ3n) is 11.1. The molecule has 0 bridgehead atoms. The maximum absolute atomic E-state index is 4.17. The fraction of sp³-hybridized carbons (Fsp3) is 0.194. The normalized spacial score (nSPS) is 13.6. The fourth-order valence-electron chi connectivity index (χ4n) is 8.18. The van der Waals surface area contributed by atoms with E-state index in [1.54, 1.807) is 0 Å². The predicted octanol–water partition coefficient (Wildman–Crippen LogP) is 17.7. The van der Waals surface area contributed by atoms with Gasteiger partial charge in [0.15, 0.2) is 0 Å². The van der Waals surface area contributed by atoms with E-state index in [4.69, 9.17) is 0 Å². The van der Waals surface area contributed by atoms with Gasteiger partial charge in [-0.2, -0.15) is 0 Å². The molecule has 7 rings (SSSR count). The van der Waals surface area contributed by atoms with Gasteiger partial charge < -0.3 is 0 Å². The molecule has 2 aliphatic carbocycles. The van der Waals surface area contributed by atoms with Crippen molar-refractivity contribution in [3.63, 3.8) is 0 Å². The average molecular weight is 813 g/mol. The Morgan fingerprint density at radius 2 is 1.31 bits per heavy atom. The van der Waals surface area contributed by atoms with E-state index in [1.165, 1.54) is 84.3 Å². The van der Waals surface area contributed by atoms with Crippen molar-refractivity contribution < 1.29 is 0 Å². The predicted molar refractivity (Wildman–Crippen MR) is 277 cm³/mol. The minimum absolute atomic E-state index is 0.338. The van der Waals surface area contributed by atoms with Gasteiger partial charge in [-0.05, 0) is 112 Å².